The number of hydrogen-bond acceptors (Lipinski definition) is 3. The molecule has 1 aliphatic rings. The highest BCUT2D eigenvalue weighted by Crippen LogP contribution is 2.39. The summed E-state index contributed by atoms with van der Waals surface area (Å²) < 4.78 is 8.00. The van der Waals surface area contributed by atoms with Crippen LogP contribution < -0.4 is 4.74 Å². The molecule has 5 heteroatoms. The van der Waals surface area contributed by atoms with E-state index in [2.05, 4.69) is 25.3 Å². The van der Waals surface area contributed by atoms with Crippen molar-refractivity contribution in [2.45, 2.75) is 53.4 Å². The van der Waals surface area contributed by atoms with Crippen molar-refractivity contribution >= 4 is 11.8 Å². The number of rotatable bonds is 6. The molecule has 0 aliphatic heterocycles. The van der Waals surface area contributed by atoms with Crippen LogP contribution in [0.25, 0.3) is 5.69 Å². The number of ether oxygens (including phenoxy) is 1. The second-order valence-corrected chi connectivity index (χ2v) is 8.11. The molecule has 0 amide bonds. The van der Waals surface area contributed by atoms with Gasteiger partial charge in [-0.15, -0.1) is 0 Å². The monoisotopic (exact) mass is 369 g/mol. The third-order valence-corrected chi connectivity index (χ3v) is 5.08. The molecule has 0 radical (unpaired) electrons. The molecule has 0 unspecified atom stereocenters. The Bertz CT molecular complexity index is 892. The Hall–Kier alpha value is -2.56. The van der Waals surface area contributed by atoms with Gasteiger partial charge in [0.15, 0.2) is 5.78 Å². The number of aryl methyl sites for hydroxylation is 1. The summed E-state index contributed by atoms with van der Waals surface area (Å²) in [5, 5.41) is 9.35. The third kappa shape index (κ3) is 3.77. The summed E-state index contributed by atoms with van der Waals surface area (Å²) in [7, 11) is 0. The summed E-state index contributed by atoms with van der Waals surface area (Å²) in [6, 6.07) is 6.89. The zero-order valence-corrected chi connectivity index (χ0v) is 16.5. The van der Waals surface area contributed by atoms with E-state index in [4.69, 9.17) is 4.74 Å². The lowest BCUT2D eigenvalue weighted by molar-refractivity contribution is 0.0696. The van der Waals surface area contributed by atoms with Crippen LogP contribution in [0, 0.1) is 12.3 Å². The van der Waals surface area contributed by atoms with Crippen LogP contribution in [0.2, 0.25) is 0 Å². The number of carbonyl (C=O) groups excluding carboxylic acids is 1. The average molecular weight is 369 g/mol. The van der Waals surface area contributed by atoms with Crippen molar-refractivity contribution in [2.24, 2.45) is 5.41 Å². The fourth-order valence-electron chi connectivity index (χ4n) is 3.76. The Labute approximate surface area is 160 Å². The summed E-state index contributed by atoms with van der Waals surface area (Å²) in [5.74, 6) is -0.274. The van der Waals surface area contributed by atoms with Gasteiger partial charge in [0.05, 0.1) is 17.9 Å². The Kier molecular flexibility index (Phi) is 5.13. The molecule has 0 saturated carbocycles. The van der Waals surface area contributed by atoms with Crippen molar-refractivity contribution < 1.29 is 19.4 Å². The molecule has 1 N–H and O–H groups in total. The van der Waals surface area contributed by atoms with E-state index < -0.39 is 5.97 Å². The molecule has 1 aliphatic carbocycles. The van der Waals surface area contributed by atoms with Gasteiger partial charge >= 0.3 is 5.97 Å². The number of Topliss-reactive ketones (excluding diaryl/α,β-unsaturated/α-hetero) is 1. The van der Waals surface area contributed by atoms with Crippen LogP contribution in [0.1, 0.15) is 72.1 Å². The Morgan fingerprint density at radius 2 is 2.00 bits per heavy atom. The van der Waals surface area contributed by atoms with Gasteiger partial charge in [-0.2, -0.15) is 0 Å². The molecule has 1 aromatic heterocycles. The van der Waals surface area contributed by atoms with Crippen LogP contribution in [0.4, 0.5) is 0 Å². The molecule has 2 aromatic rings. The van der Waals surface area contributed by atoms with Gasteiger partial charge in [-0.1, -0.05) is 27.2 Å². The van der Waals surface area contributed by atoms with E-state index >= 15 is 0 Å². The topological polar surface area (TPSA) is 68.5 Å². The molecule has 144 valence electrons. The van der Waals surface area contributed by atoms with Crippen LogP contribution in [0.5, 0.6) is 5.75 Å². The number of hydrogen-bond donors (Lipinski definition) is 1. The number of carbonyl (C=O) groups is 2. The molecular weight excluding hydrogens is 342 g/mol. The van der Waals surface area contributed by atoms with Crippen molar-refractivity contribution in [1.29, 1.82) is 0 Å². The minimum absolute atomic E-state index is 0.100. The molecule has 0 saturated heterocycles. The molecule has 0 fully saturated rings. The number of ketones is 1. The van der Waals surface area contributed by atoms with Gasteiger partial charge in [0.2, 0.25) is 0 Å². The lowest BCUT2D eigenvalue weighted by Gasteiger charge is -2.30. The largest absolute Gasteiger partial charge is 0.491 e. The van der Waals surface area contributed by atoms with E-state index in [0.717, 1.165) is 41.9 Å². The van der Waals surface area contributed by atoms with Crippen molar-refractivity contribution in [3.63, 3.8) is 0 Å². The Balaban J connectivity index is 2.14. The molecule has 0 atom stereocenters. The fourth-order valence-corrected chi connectivity index (χ4v) is 3.76. The van der Waals surface area contributed by atoms with Gasteiger partial charge in [0.1, 0.15) is 5.75 Å². The molecule has 5 nitrogen and oxygen atoms in total. The second kappa shape index (κ2) is 7.22. The van der Waals surface area contributed by atoms with Crippen molar-refractivity contribution in [1.82, 2.24) is 4.57 Å². The number of fused-ring (bicyclic) bond motifs is 1. The normalized spacial score (nSPS) is 15.5. The molecule has 3 rings (SSSR count). The summed E-state index contributed by atoms with van der Waals surface area (Å²) in [4.78, 5) is 24.0. The van der Waals surface area contributed by atoms with Crippen molar-refractivity contribution in [2.75, 3.05) is 6.61 Å². The van der Waals surface area contributed by atoms with Gasteiger partial charge in [-0.05, 0) is 49.4 Å². The summed E-state index contributed by atoms with van der Waals surface area (Å²) in [6.07, 6.45) is 3.22. The summed E-state index contributed by atoms with van der Waals surface area (Å²) in [5.41, 5.74) is 3.60. The van der Waals surface area contributed by atoms with Gasteiger partial charge < -0.3 is 14.4 Å². The predicted molar refractivity (Wildman–Crippen MR) is 104 cm³/mol. The van der Waals surface area contributed by atoms with E-state index in [-0.39, 0.29) is 16.8 Å². The lowest BCUT2D eigenvalue weighted by Crippen LogP contribution is -2.28. The van der Waals surface area contributed by atoms with Crippen molar-refractivity contribution in [3.05, 3.63) is 46.8 Å². The average Bonchev–Trinajstić information content (AvgIpc) is 2.90. The van der Waals surface area contributed by atoms with E-state index in [0.29, 0.717) is 18.8 Å². The molecule has 1 aromatic carbocycles. The van der Waals surface area contributed by atoms with Crippen LogP contribution >= 0.6 is 0 Å². The SMILES string of the molecule is CCCCOc1cc(C(=O)O)ccc1-n1c(C)cc2c1CC(C)(C)CC2=O. The maximum Gasteiger partial charge on any atom is 0.335 e. The van der Waals surface area contributed by atoms with Gasteiger partial charge in [-0.3, -0.25) is 4.79 Å². The Morgan fingerprint density at radius 1 is 1.26 bits per heavy atom. The summed E-state index contributed by atoms with van der Waals surface area (Å²) in [6.45, 7) is 8.79. The first kappa shape index (κ1) is 19.2. The first-order valence-corrected chi connectivity index (χ1v) is 9.48. The highest BCUT2D eigenvalue weighted by molar-refractivity contribution is 5.99. The molecule has 1 heterocycles. The van der Waals surface area contributed by atoms with E-state index in [1.165, 1.54) is 0 Å². The first-order valence-electron chi connectivity index (χ1n) is 9.48. The quantitative estimate of drug-likeness (QED) is 0.741. The van der Waals surface area contributed by atoms with Crippen molar-refractivity contribution in [3.8, 4) is 11.4 Å². The Morgan fingerprint density at radius 3 is 2.67 bits per heavy atom. The van der Waals surface area contributed by atoms with E-state index in [1.54, 1.807) is 18.2 Å². The maximum atomic E-state index is 12.6. The smallest absolute Gasteiger partial charge is 0.335 e. The van der Waals surface area contributed by atoms with E-state index in [9.17, 15) is 14.7 Å². The standard InChI is InChI=1S/C22H27NO4/c1-5-6-9-27-20-11-15(21(25)26)7-8-17(20)23-14(2)10-16-18(23)12-22(3,4)13-19(16)24/h7-8,10-11H,5-6,9,12-13H2,1-4H3,(H,25,26). The number of aromatic carboxylic acids is 1. The number of aromatic nitrogens is 1. The van der Waals surface area contributed by atoms with E-state index in [1.807, 2.05) is 13.0 Å². The minimum Gasteiger partial charge on any atom is -0.491 e. The maximum absolute atomic E-state index is 12.6. The minimum atomic E-state index is -0.982. The number of carboxylic acids is 1. The van der Waals surface area contributed by atoms with Crippen LogP contribution in [-0.4, -0.2) is 28.0 Å². The number of benzene rings is 1. The highest BCUT2D eigenvalue weighted by atomic mass is 16.5. The summed E-state index contributed by atoms with van der Waals surface area (Å²) >= 11 is 0. The number of unbranched alkanes of at least 4 members (excludes halogenated alkanes) is 1. The fraction of sp³-hybridized carbons (Fsp3) is 0.455. The van der Waals surface area contributed by atoms with Crippen LogP contribution in [0.15, 0.2) is 24.3 Å². The molecule has 0 spiro atoms. The van der Waals surface area contributed by atoms with Gasteiger partial charge in [0, 0.05) is 23.4 Å². The first-order chi connectivity index (χ1) is 12.7. The molecule has 0 bridgehead atoms. The second-order valence-electron chi connectivity index (χ2n) is 8.11. The van der Waals surface area contributed by atoms with Crippen LogP contribution in [-0.2, 0) is 6.42 Å². The lowest BCUT2D eigenvalue weighted by atomic mass is 9.76. The highest BCUT2D eigenvalue weighted by Gasteiger charge is 2.34. The zero-order chi connectivity index (χ0) is 19.8. The predicted octanol–water partition coefficient (Wildman–Crippen LogP) is 4.82. The molecule has 27 heavy (non-hydrogen) atoms. The van der Waals surface area contributed by atoms with Gasteiger partial charge in [0.25, 0.3) is 0 Å². The number of nitrogens with zero attached hydrogens (tertiary/aromatic N) is 1. The third-order valence-electron chi connectivity index (χ3n) is 5.08. The zero-order valence-electron chi connectivity index (χ0n) is 16.5. The molecular formula is C22H27NO4. The van der Waals surface area contributed by atoms with Gasteiger partial charge in [-0.25, -0.2) is 4.79 Å². The number of carboxylic acid groups (broad SMARTS) is 1. The van der Waals surface area contributed by atoms with Crippen LogP contribution in [0.3, 0.4) is 0 Å².